The van der Waals surface area contributed by atoms with Crippen LogP contribution in [0.2, 0.25) is 0 Å². The van der Waals surface area contributed by atoms with Crippen molar-refractivity contribution in [2.45, 2.75) is 39.4 Å². The van der Waals surface area contributed by atoms with Crippen LogP contribution in [-0.2, 0) is 11.3 Å². The summed E-state index contributed by atoms with van der Waals surface area (Å²) in [4.78, 5) is 14.3. The van der Waals surface area contributed by atoms with Gasteiger partial charge < -0.3 is 9.73 Å². The molecule has 0 fully saturated rings. The maximum Gasteiger partial charge on any atom is 0.237 e. The van der Waals surface area contributed by atoms with Crippen molar-refractivity contribution in [2.75, 3.05) is 7.05 Å². The number of hydrogen-bond acceptors (Lipinski definition) is 3. The fraction of sp³-hybridized carbons (Fsp3) is 0.389. The first-order valence-corrected chi connectivity index (χ1v) is 7.68. The lowest BCUT2D eigenvalue weighted by molar-refractivity contribution is -0.126. The Balaban J connectivity index is 1.92. The van der Waals surface area contributed by atoms with E-state index in [1.165, 1.54) is 12.1 Å². The van der Waals surface area contributed by atoms with Crippen molar-refractivity contribution in [1.82, 2.24) is 10.2 Å². The highest BCUT2D eigenvalue weighted by molar-refractivity contribution is 5.81. The average Bonchev–Trinajstić information content (AvgIpc) is 2.92. The first-order chi connectivity index (χ1) is 10.9. The third-order valence-corrected chi connectivity index (χ3v) is 3.97. The molecule has 0 radical (unpaired) electrons. The Morgan fingerprint density at radius 1 is 1.22 bits per heavy atom. The van der Waals surface area contributed by atoms with E-state index in [4.69, 9.17) is 4.42 Å². The molecule has 0 spiro atoms. The summed E-state index contributed by atoms with van der Waals surface area (Å²) in [7, 11) is 1.88. The van der Waals surface area contributed by atoms with E-state index in [9.17, 15) is 9.18 Å². The molecule has 0 aliphatic carbocycles. The second-order valence-corrected chi connectivity index (χ2v) is 5.89. The number of hydrogen-bond donors (Lipinski definition) is 1. The molecular weight excluding hydrogens is 295 g/mol. The molecule has 0 saturated heterocycles. The molecule has 4 nitrogen and oxygen atoms in total. The van der Waals surface area contributed by atoms with Crippen molar-refractivity contribution in [3.8, 4) is 0 Å². The summed E-state index contributed by atoms with van der Waals surface area (Å²) in [6.45, 7) is 6.19. The maximum absolute atomic E-state index is 13.0. The topological polar surface area (TPSA) is 45.5 Å². The van der Waals surface area contributed by atoms with Crippen LogP contribution in [0.4, 0.5) is 4.39 Å². The Labute approximate surface area is 136 Å². The van der Waals surface area contributed by atoms with Gasteiger partial charge in [-0.2, -0.15) is 0 Å². The van der Waals surface area contributed by atoms with Gasteiger partial charge in [0.2, 0.25) is 5.91 Å². The Morgan fingerprint density at radius 3 is 2.43 bits per heavy atom. The van der Waals surface area contributed by atoms with E-state index in [0.717, 1.165) is 17.1 Å². The van der Waals surface area contributed by atoms with Gasteiger partial charge in [0.05, 0.1) is 18.6 Å². The lowest BCUT2D eigenvalue weighted by Crippen LogP contribution is -2.43. The minimum absolute atomic E-state index is 0.0763. The lowest BCUT2D eigenvalue weighted by atomic mass is 10.1. The van der Waals surface area contributed by atoms with Gasteiger partial charge in [-0.1, -0.05) is 12.1 Å². The van der Waals surface area contributed by atoms with Gasteiger partial charge in [-0.25, -0.2) is 4.39 Å². The van der Waals surface area contributed by atoms with Crippen LogP contribution in [0.3, 0.4) is 0 Å². The minimum atomic E-state index is -0.302. The Morgan fingerprint density at radius 2 is 1.87 bits per heavy atom. The molecule has 2 atom stereocenters. The van der Waals surface area contributed by atoms with Crippen LogP contribution in [0.25, 0.3) is 0 Å². The Kier molecular flexibility index (Phi) is 5.55. The van der Waals surface area contributed by atoms with E-state index in [1.807, 2.05) is 44.9 Å². The zero-order chi connectivity index (χ0) is 17.0. The number of carbonyl (C=O) groups excluding carboxylic acids is 1. The van der Waals surface area contributed by atoms with E-state index in [2.05, 4.69) is 5.32 Å². The van der Waals surface area contributed by atoms with Gasteiger partial charge in [0.15, 0.2) is 0 Å². The second kappa shape index (κ2) is 7.42. The van der Waals surface area contributed by atoms with E-state index in [1.54, 1.807) is 12.1 Å². The first-order valence-electron chi connectivity index (χ1n) is 7.68. The number of furan rings is 1. The monoisotopic (exact) mass is 318 g/mol. The molecule has 5 heteroatoms. The summed E-state index contributed by atoms with van der Waals surface area (Å²) in [6, 6.07) is 9.50. The molecule has 0 unspecified atom stereocenters. The Hall–Kier alpha value is -2.14. The molecule has 1 amide bonds. The normalized spacial score (nSPS) is 13.8. The van der Waals surface area contributed by atoms with Gasteiger partial charge in [0.1, 0.15) is 17.3 Å². The molecule has 1 aromatic carbocycles. The van der Waals surface area contributed by atoms with E-state index in [0.29, 0.717) is 6.54 Å². The second-order valence-electron chi connectivity index (χ2n) is 5.89. The third kappa shape index (κ3) is 4.66. The summed E-state index contributed by atoms with van der Waals surface area (Å²) < 4.78 is 18.5. The Bertz CT molecular complexity index is 651. The van der Waals surface area contributed by atoms with E-state index in [-0.39, 0.29) is 23.8 Å². The molecule has 0 saturated carbocycles. The van der Waals surface area contributed by atoms with Crippen molar-refractivity contribution in [2.24, 2.45) is 0 Å². The van der Waals surface area contributed by atoms with Gasteiger partial charge in [0.25, 0.3) is 0 Å². The van der Waals surface area contributed by atoms with Crippen molar-refractivity contribution < 1.29 is 13.6 Å². The molecule has 1 N–H and O–H groups in total. The van der Waals surface area contributed by atoms with Crippen LogP contribution in [-0.4, -0.2) is 23.9 Å². The standard InChI is InChI=1S/C18H23FN2O2/c1-12-5-10-17(23-12)11-21(4)14(3)18(22)20-13(2)15-6-8-16(19)9-7-15/h5-10,13-14H,11H2,1-4H3,(H,20,22)/t13-,14-/m0/s1. The number of likely N-dealkylation sites (N-methyl/N-ethyl adjacent to an activating group) is 1. The molecule has 2 rings (SSSR count). The van der Waals surface area contributed by atoms with Gasteiger partial charge in [-0.3, -0.25) is 9.69 Å². The molecule has 124 valence electrons. The zero-order valence-electron chi connectivity index (χ0n) is 14.0. The SMILES string of the molecule is Cc1ccc(CN(C)[C@@H](C)C(=O)N[C@@H](C)c2ccc(F)cc2)o1. The predicted octanol–water partition coefficient (Wildman–Crippen LogP) is 3.42. The smallest absolute Gasteiger partial charge is 0.237 e. The van der Waals surface area contributed by atoms with Crippen molar-refractivity contribution in [3.05, 3.63) is 59.3 Å². The molecule has 0 aliphatic heterocycles. The first kappa shape index (κ1) is 17.2. The van der Waals surface area contributed by atoms with Crippen LogP contribution < -0.4 is 5.32 Å². The fourth-order valence-electron chi connectivity index (χ4n) is 2.32. The highest BCUT2D eigenvalue weighted by Gasteiger charge is 2.21. The molecule has 23 heavy (non-hydrogen) atoms. The number of rotatable bonds is 6. The molecule has 0 bridgehead atoms. The largest absolute Gasteiger partial charge is 0.465 e. The van der Waals surface area contributed by atoms with Gasteiger partial charge in [-0.05, 0) is 57.6 Å². The number of nitrogens with one attached hydrogen (secondary N) is 1. The van der Waals surface area contributed by atoms with Crippen LogP contribution in [0.5, 0.6) is 0 Å². The third-order valence-electron chi connectivity index (χ3n) is 3.97. The number of halogens is 1. The van der Waals surface area contributed by atoms with Gasteiger partial charge in [-0.15, -0.1) is 0 Å². The van der Waals surface area contributed by atoms with Crippen LogP contribution in [0, 0.1) is 12.7 Å². The van der Waals surface area contributed by atoms with Crippen LogP contribution in [0.15, 0.2) is 40.8 Å². The van der Waals surface area contributed by atoms with Gasteiger partial charge >= 0.3 is 0 Å². The van der Waals surface area contributed by atoms with Crippen molar-refractivity contribution in [1.29, 1.82) is 0 Å². The number of carbonyl (C=O) groups is 1. The summed E-state index contributed by atoms with van der Waals surface area (Å²) >= 11 is 0. The van der Waals surface area contributed by atoms with Crippen molar-refractivity contribution in [3.63, 3.8) is 0 Å². The number of nitrogens with zero attached hydrogens (tertiary/aromatic N) is 1. The summed E-state index contributed by atoms with van der Waals surface area (Å²) in [5.41, 5.74) is 0.872. The molecule has 0 aliphatic rings. The molecule has 1 aromatic heterocycles. The summed E-state index contributed by atoms with van der Waals surface area (Å²) in [6.07, 6.45) is 0. The summed E-state index contributed by atoms with van der Waals surface area (Å²) in [5, 5.41) is 2.95. The van der Waals surface area contributed by atoms with Crippen LogP contribution >= 0.6 is 0 Å². The van der Waals surface area contributed by atoms with Gasteiger partial charge in [0, 0.05) is 0 Å². The number of benzene rings is 1. The molecule has 1 heterocycles. The highest BCUT2D eigenvalue weighted by Crippen LogP contribution is 2.14. The predicted molar refractivity (Wildman–Crippen MR) is 87.3 cm³/mol. The van der Waals surface area contributed by atoms with Crippen molar-refractivity contribution >= 4 is 5.91 Å². The fourth-order valence-corrected chi connectivity index (χ4v) is 2.32. The minimum Gasteiger partial charge on any atom is -0.465 e. The van der Waals surface area contributed by atoms with E-state index >= 15 is 0 Å². The number of amides is 1. The van der Waals surface area contributed by atoms with Crippen LogP contribution in [0.1, 0.15) is 37.0 Å². The zero-order valence-corrected chi connectivity index (χ0v) is 14.0. The molecule has 2 aromatic rings. The quantitative estimate of drug-likeness (QED) is 0.887. The lowest BCUT2D eigenvalue weighted by Gasteiger charge is -2.25. The maximum atomic E-state index is 13.0. The number of aryl methyl sites for hydroxylation is 1. The highest BCUT2D eigenvalue weighted by atomic mass is 19.1. The summed E-state index contributed by atoms with van der Waals surface area (Å²) in [5.74, 6) is 1.33. The van der Waals surface area contributed by atoms with E-state index < -0.39 is 0 Å². The average molecular weight is 318 g/mol. The molecular formula is C18H23FN2O2.